The van der Waals surface area contributed by atoms with Gasteiger partial charge in [0.15, 0.2) is 0 Å². The number of hydrogen-bond acceptors (Lipinski definition) is 5. The lowest BCUT2D eigenvalue weighted by atomic mass is 10.1. The van der Waals surface area contributed by atoms with E-state index in [1.807, 2.05) is 18.1 Å². The van der Waals surface area contributed by atoms with Gasteiger partial charge in [0.1, 0.15) is 5.82 Å². The molecule has 21 heavy (non-hydrogen) atoms. The van der Waals surface area contributed by atoms with Crippen LogP contribution < -0.4 is 10.7 Å². The minimum atomic E-state index is -0.0594. The van der Waals surface area contributed by atoms with Crippen molar-refractivity contribution in [3.8, 4) is 0 Å². The molecule has 1 saturated heterocycles. The second-order valence-corrected chi connectivity index (χ2v) is 5.46. The molecule has 0 spiro atoms. The molecule has 0 bridgehead atoms. The van der Waals surface area contributed by atoms with Crippen molar-refractivity contribution >= 4 is 11.7 Å². The zero-order chi connectivity index (χ0) is 15.2. The van der Waals surface area contributed by atoms with Gasteiger partial charge in [0, 0.05) is 44.5 Å². The van der Waals surface area contributed by atoms with Crippen LogP contribution in [0.4, 0.5) is 5.82 Å². The molecule has 116 valence electrons. The first-order valence-electron chi connectivity index (χ1n) is 7.55. The molecular weight excluding hydrogens is 266 g/mol. The van der Waals surface area contributed by atoms with Gasteiger partial charge in [-0.1, -0.05) is 13.3 Å². The summed E-state index contributed by atoms with van der Waals surface area (Å²) in [7, 11) is 3.92. The van der Waals surface area contributed by atoms with Crippen LogP contribution in [0.5, 0.6) is 0 Å². The topological polar surface area (TPSA) is 60.5 Å². The summed E-state index contributed by atoms with van der Waals surface area (Å²) >= 11 is 0. The van der Waals surface area contributed by atoms with Gasteiger partial charge in [-0.2, -0.15) is 0 Å². The number of aromatic nitrogens is 1. The van der Waals surface area contributed by atoms with Gasteiger partial charge < -0.3 is 10.2 Å². The lowest BCUT2D eigenvalue weighted by molar-refractivity contribution is 0.0662. The zero-order valence-corrected chi connectivity index (χ0v) is 13.1. The van der Waals surface area contributed by atoms with Gasteiger partial charge in [-0.15, -0.1) is 0 Å². The second-order valence-electron chi connectivity index (χ2n) is 5.46. The van der Waals surface area contributed by atoms with Gasteiger partial charge in [0.25, 0.3) is 5.91 Å². The highest BCUT2D eigenvalue weighted by molar-refractivity contribution is 5.94. The Balaban J connectivity index is 2.05. The van der Waals surface area contributed by atoms with Crippen molar-refractivity contribution < 1.29 is 4.79 Å². The molecule has 0 saturated carbocycles. The van der Waals surface area contributed by atoms with Crippen LogP contribution in [0.15, 0.2) is 12.1 Å². The highest BCUT2D eigenvalue weighted by atomic mass is 16.2. The van der Waals surface area contributed by atoms with Crippen molar-refractivity contribution in [1.29, 1.82) is 0 Å². The second kappa shape index (κ2) is 7.38. The summed E-state index contributed by atoms with van der Waals surface area (Å²) in [4.78, 5) is 19.1. The first-order valence-corrected chi connectivity index (χ1v) is 7.55. The number of hydrogen-bond donors (Lipinski definition) is 2. The fraction of sp³-hybridized carbons (Fsp3) is 0.600. The standard InChI is InChI=1S/C15H25N5O/c1-4-5-13-10-12(11-14(16-2)17-13)15(21)18-20-8-6-19(3)7-9-20/h10-11H,4-9H2,1-3H3,(H,16,17)(H,18,21). The highest BCUT2D eigenvalue weighted by Gasteiger charge is 2.17. The number of nitrogens with zero attached hydrogens (tertiary/aromatic N) is 3. The number of piperazine rings is 1. The normalized spacial score (nSPS) is 16.7. The van der Waals surface area contributed by atoms with Gasteiger partial charge in [0.2, 0.25) is 0 Å². The molecule has 1 fully saturated rings. The molecule has 0 unspecified atom stereocenters. The number of anilines is 1. The summed E-state index contributed by atoms with van der Waals surface area (Å²) < 4.78 is 0. The Bertz CT molecular complexity index is 483. The lowest BCUT2D eigenvalue weighted by Crippen LogP contribution is -2.52. The van der Waals surface area contributed by atoms with Crippen LogP contribution >= 0.6 is 0 Å². The average molecular weight is 291 g/mol. The molecule has 1 aliphatic heterocycles. The molecule has 1 aliphatic rings. The third-order valence-corrected chi connectivity index (χ3v) is 3.67. The Labute approximate surface area is 126 Å². The van der Waals surface area contributed by atoms with Crippen LogP contribution in [-0.2, 0) is 6.42 Å². The molecule has 1 aromatic heterocycles. The third-order valence-electron chi connectivity index (χ3n) is 3.67. The van der Waals surface area contributed by atoms with E-state index in [1.54, 1.807) is 6.07 Å². The van der Waals surface area contributed by atoms with Crippen molar-refractivity contribution in [1.82, 2.24) is 20.3 Å². The first-order chi connectivity index (χ1) is 10.1. The number of carbonyl (C=O) groups excluding carboxylic acids is 1. The molecular formula is C15H25N5O. The third kappa shape index (κ3) is 4.41. The monoisotopic (exact) mass is 291 g/mol. The molecule has 2 N–H and O–H groups in total. The predicted molar refractivity (Wildman–Crippen MR) is 84.3 cm³/mol. The van der Waals surface area contributed by atoms with Gasteiger partial charge >= 0.3 is 0 Å². The Morgan fingerprint density at radius 1 is 1.29 bits per heavy atom. The zero-order valence-electron chi connectivity index (χ0n) is 13.1. The summed E-state index contributed by atoms with van der Waals surface area (Å²) in [6, 6.07) is 3.68. The van der Waals surface area contributed by atoms with Gasteiger partial charge in [0.05, 0.1) is 0 Å². The fourth-order valence-corrected chi connectivity index (χ4v) is 2.36. The molecule has 2 heterocycles. The van der Waals surface area contributed by atoms with Crippen LogP contribution in [0.25, 0.3) is 0 Å². The summed E-state index contributed by atoms with van der Waals surface area (Å²) in [5.74, 6) is 0.681. The molecule has 0 radical (unpaired) electrons. The van der Waals surface area contributed by atoms with Gasteiger partial charge in [-0.05, 0) is 25.6 Å². The Morgan fingerprint density at radius 2 is 2.00 bits per heavy atom. The van der Waals surface area contributed by atoms with E-state index in [1.165, 1.54) is 0 Å². The molecule has 1 aromatic rings. The number of likely N-dealkylation sites (N-methyl/N-ethyl adjacent to an activating group) is 1. The molecule has 0 atom stereocenters. The number of amides is 1. The van der Waals surface area contributed by atoms with E-state index in [-0.39, 0.29) is 5.91 Å². The van der Waals surface area contributed by atoms with Crippen LogP contribution in [0, 0.1) is 0 Å². The molecule has 0 aromatic carbocycles. The van der Waals surface area contributed by atoms with E-state index in [4.69, 9.17) is 0 Å². The largest absolute Gasteiger partial charge is 0.373 e. The van der Waals surface area contributed by atoms with Crippen LogP contribution in [0.1, 0.15) is 29.4 Å². The Morgan fingerprint density at radius 3 is 2.62 bits per heavy atom. The molecule has 6 nitrogen and oxygen atoms in total. The van der Waals surface area contributed by atoms with E-state index in [0.29, 0.717) is 5.56 Å². The quantitative estimate of drug-likeness (QED) is 0.846. The van der Waals surface area contributed by atoms with Crippen molar-refractivity contribution in [2.45, 2.75) is 19.8 Å². The maximum Gasteiger partial charge on any atom is 0.265 e. The molecule has 6 heteroatoms. The number of rotatable bonds is 5. The van der Waals surface area contributed by atoms with E-state index in [9.17, 15) is 4.79 Å². The molecule has 2 rings (SSSR count). The average Bonchev–Trinajstić information content (AvgIpc) is 2.49. The minimum Gasteiger partial charge on any atom is -0.373 e. The molecule has 1 amide bonds. The van der Waals surface area contributed by atoms with Gasteiger partial charge in [-0.25, -0.2) is 9.99 Å². The Hall–Kier alpha value is -1.66. The minimum absolute atomic E-state index is 0.0594. The van der Waals surface area contributed by atoms with E-state index < -0.39 is 0 Å². The van der Waals surface area contributed by atoms with E-state index in [2.05, 4.69) is 34.6 Å². The van der Waals surface area contributed by atoms with Gasteiger partial charge in [-0.3, -0.25) is 10.2 Å². The summed E-state index contributed by atoms with van der Waals surface area (Å²) in [6.07, 6.45) is 1.89. The number of hydrazine groups is 1. The number of pyridine rings is 1. The van der Waals surface area contributed by atoms with Crippen LogP contribution in [0.2, 0.25) is 0 Å². The van der Waals surface area contributed by atoms with Crippen molar-refractivity contribution in [3.63, 3.8) is 0 Å². The number of aryl methyl sites for hydroxylation is 1. The molecule has 0 aliphatic carbocycles. The van der Waals surface area contributed by atoms with E-state index in [0.717, 1.165) is 50.5 Å². The number of nitrogens with one attached hydrogen (secondary N) is 2. The lowest BCUT2D eigenvalue weighted by Gasteiger charge is -2.32. The van der Waals surface area contributed by atoms with Crippen LogP contribution in [-0.4, -0.2) is 61.1 Å². The maximum absolute atomic E-state index is 12.4. The summed E-state index contributed by atoms with van der Waals surface area (Å²) in [6.45, 7) is 5.76. The SMILES string of the molecule is CCCc1cc(C(=O)NN2CCN(C)CC2)cc(NC)n1. The summed E-state index contributed by atoms with van der Waals surface area (Å²) in [5.41, 5.74) is 4.60. The fourth-order valence-electron chi connectivity index (χ4n) is 2.36. The highest BCUT2D eigenvalue weighted by Crippen LogP contribution is 2.12. The first kappa shape index (κ1) is 15.7. The van der Waals surface area contributed by atoms with Crippen molar-refractivity contribution in [2.24, 2.45) is 0 Å². The van der Waals surface area contributed by atoms with Crippen molar-refractivity contribution in [2.75, 3.05) is 45.6 Å². The Kier molecular flexibility index (Phi) is 5.52. The van der Waals surface area contributed by atoms with Crippen LogP contribution in [0.3, 0.4) is 0 Å². The smallest absolute Gasteiger partial charge is 0.265 e. The predicted octanol–water partition coefficient (Wildman–Crippen LogP) is 0.968. The maximum atomic E-state index is 12.4. The van der Waals surface area contributed by atoms with Crippen molar-refractivity contribution in [3.05, 3.63) is 23.4 Å². The van der Waals surface area contributed by atoms with E-state index >= 15 is 0 Å². The summed E-state index contributed by atoms with van der Waals surface area (Å²) in [5, 5.41) is 5.01. The number of carbonyl (C=O) groups is 1.